The van der Waals surface area contributed by atoms with E-state index in [0.29, 0.717) is 6.42 Å². The number of benzene rings is 1. The summed E-state index contributed by atoms with van der Waals surface area (Å²) in [6, 6.07) is 10.8. The summed E-state index contributed by atoms with van der Waals surface area (Å²) in [6.07, 6.45) is 0.572. The molecule has 7 nitrogen and oxygen atoms in total. The first-order valence-corrected chi connectivity index (χ1v) is 9.97. The summed E-state index contributed by atoms with van der Waals surface area (Å²) in [7, 11) is 0. The van der Waals surface area contributed by atoms with Crippen LogP contribution in [0.25, 0.3) is 0 Å². The van der Waals surface area contributed by atoms with Crippen LogP contribution in [0.15, 0.2) is 51.4 Å². The number of hydrazone groups is 1. The maximum atomic E-state index is 12.9. The quantitative estimate of drug-likeness (QED) is 0.732. The second-order valence-corrected chi connectivity index (χ2v) is 8.06. The maximum Gasteiger partial charge on any atom is 0.325 e. The monoisotopic (exact) mass is 446 g/mol. The summed E-state index contributed by atoms with van der Waals surface area (Å²) in [4.78, 5) is 38.4. The van der Waals surface area contributed by atoms with Crippen molar-refractivity contribution in [3.05, 3.63) is 56.7 Å². The van der Waals surface area contributed by atoms with Crippen LogP contribution in [0.2, 0.25) is 0 Å². The molecule has 1 aromatic carbocycles. The second-order valence-electron chi connectivity index (χ2n) is 6.17. The number of halogens is 1. The molecule has 4 amide bonds. The fourth-order valence-corrected chi connectivity index (χ4v) is 4.32. The van der Waals surface area contributed by atoms with Crippen molar-refractivity contribution >= 4 is 50.8 Å². The van der Waals surface area contributed by atoms with Gasteiger partial charge in [0, 0.05) is 15.8 Å². The van der Waals surface area contributed by atoms with Gasteiger partial charge in [-0.05, 0) is 29.1 Å². The third-order valence-corrected chi connectivity index (χ3v) is 5.89. The van der Waals surface area contributed by atoms with Gasteiger partial charge in [-0.3, -0.25) is 14.5 Å². The minimum Gasteiger partial charge on any atom is -0.329 e. The van der Waals surface area contributed by atoms with E-state index in [2.05, 4.69) is 26.3 Å². The van der Waals surface area contributed by atoms with E-state index in [0.717, 1.165) is 25.5 Å². The van der Waals surface area contributed by atoms with Crippen LogP contribution in [-0.2, 0) is 9.59 Å². The van der Waals surface area contributed by atoms with Gasteiger partial charge < -0.3 is 5.32 Å². The van der Waals surface area contributed by atoms with E-state index in [-0.39, 0.29) is 25.0 Å². The molecule has 1 fully saturated rings. The number of rotatable bonds is 4. The number of thiophene rings is 1. The zero-order chi connectivity index (χ0) is 19.0. The Hall–Kier alpha value is -2.52. The van der Waals surface area contributed by atoms with Crippen LogP contribution >= 0.6 is 27.3 Å². The molecule has 1 aromatic heterocycles. The number of nitrogens with one attached hydrogen (secondary N) is 1. The zero-order valence-electron chi connectivity index (χ0n) is 14.1. The smallest absolute Gasteiger partial charge is 0.325 e. The molecular formula is C18H15BrN4O3S. The van der Waals surface area contributed by atoms with Crippen LogP contribution in [0.5, 0.6) is 0 Å². The molecule has 2 aliphatic rings. The largest absolute Gasteiger partial charge is 0.329 e. The summed E-state index contributed by atoms with van der Waals surface area (Å²) in [5, 5.41) is 10.3. The summed E-state index contributed by atoms with van der Waals surface area (Å²) >= 11 is 5.01. The molecule has 27 heavy (non-hydrogen) atoms. The van der Waals surface area contributed by atoms with E-state index in [1.54, 1.807) is 11.3 Å². The summed E-state index contributed by atoms with van der Waals surface area (Å²) in [5.41, 5.74) is 1.72. The number of hydrogen-bond acceptors (Lipinski definition) is 5. The molecule has 1 unspecified atom stereocenters. The molecule has 0 aliphatic carbocycles. The van der Waals surface area contributed by atoms with E-state index in [1.807, 2.05) is 41.8 Å². The molecule has 1 atom stereocenters. The van der Waals surface area contributed by atoms with Gasteiger partial charge >= 0.3 is 6.03 Å². The van der Waals surface area contributed by atoms with Crippen molar-refractivity contribution in [3.63, 3.8) is 0 Å². The lowest BCUT2D eigenvalue weighted by Gasteiger charge is -2.22. The van der Waals surface area contributed by atoms with E-state index in [1.165, 1.54) is 5.01 Å². The molecule has 4 rings (SSSR count). The lowest BCUT2D eigenvalue weighted by molar-refractivity contribution is -0.137. The molecule has 9 heteroatoms. The predicted molar refractivity (Wildman–Crippen MR) is 104 cm³/mol. The standard InChI is InChI=1S/C18H15BrN4O3S/c19-12-4-1-3-11(7-12)13-8-14(15-5-2-6-27-15)23(21-13)17(25)10-22-16(24)9-20-18(22)26/h1-7,14H,8-10H2,(H,20,26). The highest BCUT2D eigenvalue weighted by Gasteiger charge is 2.37. The number of hydrogen-bond donors (Lipinski definition) is 1. The molecule has 1 saturated heterocycles. The topological polar surface area (TPSA) is 82.1 Å². The van der Waals surface area contributed by atoms with Crippen LogP contribution in [0.4, 0.5) is 4.79 Å². The first-order valence-electron chi connectivity index (χ1n) is 8.30. The summed E-state index contributed by atoms with van der Waals surface area (Å²) in [5.74, 6) is -0.791. The van der Waals surface area contributed by atoms with Crippen LogP contribution in [-0.4, -0.2) is 46.6 Å². The van der Waals surface area contributed by atoms with Gasteiger partial charge in [-0.2, -0.15) is 5.10 Å². The molecule has 138 valence electrons. The van der Waals surface area contributed by atoms with Crippen molar-refractivity contribution in [2.24, 2.45) is 5.10 Å². The lowest BCUT2D eigenvalue weighted by atomic mass is 10.0. The Morgan fingerprint density at radius 1 is 1.30 bits per heavy atom. The Morgan fingerprint density at radius 3 is 2.81 bits per heavy atom. The fourth-order valence-electron chi connectivity index (χ4n) is 3.11. The van der Waals surface area contributed by atoms with Crippen LogP contribution in [0, 0.1) is 0 Å². The van der Waals surface area contributed by atoms with Gasteiger partial charge in [0.25, 0.3) is 11.8 Å². The van der Waals surface area contributed by atoms with Crippen molar-refractivity contribution in [2.75, 3.05) is 13.1 Å². The molecule has 2 aliphatic heterocycles. The molecular weight excluding hydrogens is 432 g/mol. The normalized spacial score (nSPS) is 19.4. The molecule has 0 bridgehead atoms. The highest BCUT2D eigenvalue weighted by atomic mass is 79.9. The Balaban J connectivity index is 1.62. The Morgan fingerprint density at radius 2 is 2.15 bits per heavy atom. The molecule has 0 radical (unpaired) electrons. The number of carbonyl (C=O) groups is 3. The third-order valence-electron chi connectivity index (χ3n) is 4.43. The Kier molecular flexibility index (Phi) is 4.79. The van der Waals surface area contributed by atoms with E-state index >= 15 is 0 Å². The summed E-state index contributed by atoms with van der Waals surface area (Å²) < 4.78 is 0.930. The molecule has 0 spiro atoms. The molecule has 2 aromatic rings. The molecule has 3 heterocycles. The maximum absolute atomic E-state index is 12.9. The summed E-state index contributed by atoms with van der Waals surface area (Å²) in [6.45, 7) is -0.394. The minimum atomic E-state index is -0.545. The Labute approximate surface area is 167 Å². The number of amides is 4. The third kappa shape index (κ3) is 3.52. The van der Waals surface area contributed by atoms with E-state index in [9.17, 15) is 14.4 Å². The molecule has 1 N–H and O–H groups in total. The van der Waals surface area contributed by atoms with E-state index in [4.69, 9.17) is 0 Å². The van der Waals surface area contributed by atoms with E-state index < -0.39 is 11.9 Å². The number of imide groups is 1. The van der Waals surface area contributed by atoms with Crippen molar-refractivity contribution in [2.45, 2.75) is 12.5 Å². The van der Waals surface area contributed by atoms with Crippen molar-refractivity contribution < 1.29 is 14.4 Å². The van der Waals surface area contributed by atoms with Gasteiger partial charge in [0.2, 0.25) is 0 Å². The second kappa shape index (κ2) is 7.24. The van der Waals surface area contributed by atoms with Gasteiger partial charge in [-0.25, -0.2) is 9.80 Å². The van der Waals surface area contributed by atoms with Gasteiger partial charge in [0.15, 0.2) is 0 Å². The van der Waals surface area contributed by atoms with Gasteiger partial charge in [-0.1, -0.05) is 34.1 Å². The predicted octanol–water partition coefficient (Wildman–Crippen LogP) is 2.74. The van der Waals surface area contributed by atoms with Gasteiger partial charge in [-0.15, -0.1) is 11.3 Å². The Bertz CT molecular complexity index is 928. The minimum absolute atomic E-state index is 0.0764. The average molecular weight is 447 g/mol. The van der Waals surface area contributed by atoms with Crippen molar-refractivity contribution in [1.82, 2.24) is 15.2 Å². The average Bonchev–Trinajstić information content (AvgIpc) is 3.37. The SMILES string of the molecule is O=C1CNC(=O)N1CC(=O)N1N=C(c2cccc(Br)c2)CC1c1cccs1. The first kappa shape index (κ1) is 17.9. The highest BCUT2D eigenvalue weighted by molar-refractivity contribution is 9.10. The fraction of sp³-hybridized carbons (Fsp3) is 0.222. The van der Waals surface area contributed by atoms with Gasteiger partial charge in [0.1, 0.15) is 6.54 Å². The zero-order valence-corrected chi connectivity index (χ0v) is 16.5. The van der Waals surface area contributed by atoms with Crippen molar-refractivity contribution in [3.8, 4) is 0 Å². The highest BCUT2D eigenvalue weighted by Crippen LogP contribution is 2.35. The van der Waals surface area contributed by atoms with Crippen molar-refractivity contribution in [1.29, 1.82) is 0 Å². The number of carbonyl (C=O) groups excluding carboxylic acids is 3. The van der Waals surface area contributed by atoms with Crippen LogP contribution in [0.3, 0.4) is 0 Å². The van der Waals surface area contributed by atoms with Crippen LogP contribution < -0.4 is 5.32 Å². The number of nitrogens with zero attached hydrogens (tertiary/aromatic N) is 3. The first-order chi connectivity index (χ1) is 13.0. The lowest BCUT2D eigenvalue weighted by Crippen LogP contribution is -2.41. The molecule has 0 saturated carbocycles. The van der Waals surface area contributed by atoms with Crippen LogP contribution in [0.1, 0.15) is 22.9 Å². The van der Waals surface area contributed by atoms with Gasteiger partial charge in [0.05, 0.1) is 18.3 Å². The number of urea groups is 1.